The normalized spacial score (nSPS) is 11.6. The van der Waals surface area contributed by atoms with E-state index in [9.17, 15) is 13.2 Å². The lowest BCUT2D eigenvalue weighted by Gasteiger charge is -2.12. The van der Waals surface area contributed by atoms with E-state index in [2.05, 4.69) is 10.3 Å². The first-order valence-corrected chi connectivity index (χ1v) is 6.91. The minimum Gasteiger partial charge on any atom is -0.392 e. The third-order valence-electron chi connectivity index (χ3n) is 3.28. The number of nitrogens with one attached hydrogen (secondary N) is 1. The zero-order chi connectivity index (χ0) is 16.0. The van der Waals surface area contributed by atoms with Gasteiger partial charge in [0, 0.05) is 12.7 Å². The number of pyridine rings is 1. The Balaban J connectivity index is 1.86. The van der Waals surface area contributed by atoms with E-state index in [0.717, 1.165) is 17.2 Å². The van der Waals surface area contributed by atoms with Crippen LogP contribution in [0.4, 0.5) is 13.2 Å². The van der Waals surface area contributed by atoms with E-state index >= 15 is 0 Å². The third-order valence-corrected chi connectivity index (χ3v) is 3.28. The number of rotatable bonds is 6. The van der Waals surface area contributed by atoms with Crippen molar-refractivity contribution in [1.82, 2.24) is 10.3 Å². The first kappa shape index (κ1) is 16.5. The van der Waals surface area contributed by atoms with Crippen LogP contribution < -0.4 is 5.32 Å². The second-order valence-corrected chi connectivity index (χ2v) is 4.90. The van der Waals surface area contributed by atoms with Crippen molar-refractivity contribution < 1.29 is 18.3 Å². The molecule has 0 atom stereocenters. The summed E-state index contributed by atoms with van der Waals surface area (Å²) in [6.45, 7) is 0.620. The number of aliphatic hydroxyl groups is 1. The monoisotopic (exact) mass is 310 g/mol. The van der Waals surface area contributed by atoms with Crippen LogP contribution in [-0.4, -0.2) is 16.6 Å². The second kappa shape index (κ2) is 7.38. The van der Waals surface area contributed by atoms with E-state index in [4.69, 9.17) is 5.11 Å². The fourth-order valence-electron chi connectivity index (χ4n) is 2.09. The van der Waals surface area contributed by atoms with Crippen LogP contribution in [0.25, 0.3) is 0 Å². The SMILES string of the molecule is OCc1ccc(CCNCc2ncccc2C(F)(F)F)cc1. The summed E-state index contributed by atoms with van der Waals surface area (Å²) in [6, 6.07) is 9.78. The van der Waals surface area contributed by atoms with Crippen molar-refractivity contribution in [3.8, 4) is 0 Å². The molecule has 0 amide bonds. The van der Waals surface area contributed by atoms with Gasteiger partial charge in [-0.3, -0.25) is 4.98 Å². The highest BCUT2D eigenvalue weighted by Crippen LogP contribution is 2.30. The molecule has 2 rings (SSSR count). The van der Waals surface area contributed by atoms with Gasteiger partial charge in [-0.05, 0) is 36.2 Å². The molecule has 0 unspecified atom stereocenters. The van der Waals surface area contributed by atoms with Crippen molar-refractivity contribution >= 4 is 0 Å². The van der Waals surface area contributed by atoms with Crippen molar-refractivity contribution in [2.24, 2.45) is 0 Å². The van der Waals surface area contributed by atoms with Gasteiger partial charge >= 0.3 is 6.18 Å². The summed E-state index contributed by atoms with van der Waals surface area (Å²) in [5.41, 5.74) is 1.20. The molecule has 2 aromatic rings. The maximum atomic E-state index is 12.8. The molecule has 22 heavy (non-hydrogen) atoms. The van der Waals surface area contributed by atoms with Crippen LogP contribution in [0.3, 0.4) is 0 Å². The van der Waals surface area contributed by atoms with Gasteiger partial charge in [0.15, 0.2) is 0 Å². The minimum absolute atomic E-state index is 0.00156. The number of hydrogen-bond donors (Lipinski definition) is 2. The molecule has 1 heterocycles. The molecule has 0 aliphatic carbocycles. The molecule has 1 aromatic carbocycles. The Kier molecular flexibility index (Phi) is 5.51. The number of nitrogens with zero attached hydrogens (tertiary/aromatic N) is 1. The van der Waals surface area contributed by atoms with Crippen LogP contribution in [0.15, 0.2) is 42.6 Å². The molecular formula is C16H17F3N2O. The minimum atomic E-state index is -4.38. The Hall–Kier alpha value is -1.92. The van der Waals surface area contributed by atoms with Gasteiger partial charge in [0.05, 0.1) is 17.9 Å². The molecule has 0 radical (unpaired) electrons. The maximum Gasteiger partial charge on any atom is 0.418 e. The number of halogens is 3. The van der Waals surface area contributed by atoms with Crippen molar-refractivity contribution in [3.63, 3.8) is 0 Å². The summed E-state index contributed by atoms with van der Waals surface area (Å²) in [4.78, 5) is 3.80. The molecule has 0 aliphatic heterocycles. The van der Waals surface area contributed by atoms with E-state index in [1.165, 1.54) is 12.3 Å². The zero-order valence-electron chi connectivity index (χ0n) is 11.9. The van der Waals surface area contributed by atoms with Crippen LogP contribution in [0.1, 0.15) is 22.4 Å². The molecule has 0 saturated heterocycles. The van der Waals surface area contributed by atoms with E-state index in [-0.39, 0.29) is 18.8 Å². The van der Waals surface area contributed by atoms with Gasteiger partial charge in [-0.25, -0.2) is 0 Å². The first-order valence-electron chi connectivity index (χ1n) is 6.91. The molecule has 2 N–H and O–H groups in total. The van der Waals surface area contributed by atoms with E-state index < -0.39 is 11.7 Å². The summed E-state index contributed by atoms with van der Waals surface area (Å²) >= 11 is 0. The van der Waals surface area contributed by atoms with Gasteiger partial charge in [-0.1, -0.05) is 24.3 Å². The highest BCUT2D eigenvalue weighted by Gasteiger charge is 2.33. The zero-order valence-corrected chi connectivity index (χ0v) is 11.9. The van der Waals surface area contributed by atoms with Gasteiger partial charge in [0.1, 0.15) is 0 Å². The number of benzene rings is 1. The quantitative estimate of drug-likeness (QED) is 0.806. The van der Waals surface area contributed by atoms with Crippen LogP contribution in [-0.2, 0) is 25.7 Å². The van der Waals surface area contributed by atoms with Gasteiger partial charge < -0.3 is 10.4 Å². The summed E-state index contributed by atoms with van der Waals surface area (Å²) < 4.78 is 38.4. The molecule has 0 bridgehead atoms. The Morgan fingerprint density at radius 1 is 1.05 bits per heavy atom. The summed E-state index contributed by atoms with van der Waals surface area (Å²) in [5.74, 6) is 0. The predicted octanol–water partition coefficient (Wildman–Crippen LogP) is 2.93. The summed E-state index contributed by atoms with van der Waals surface area (Å²) in [7, 11) is 0. The summed E-state index contributed by atoms with van der Waals surface area (Å²) in [5, 5.41) is 11.9. The Morgan fingerprint density at radius 2 is 1.73 bits per heavy atom. The average molecular weight is 310 g/mol. The number of aliphatic hydroxyl groups excluding tert-OH is 1. The third kappa shape index (κ3) is 4.54. The molecule has 118 valence electrons. The van der Waals surface area contributed by atoms with E-state index in [0.29, 0.717) is 13.0 Å². The fraction of sp³-hybridized carbons (Fsp3) is 0.312. The summed E-state index contributed by atoms with van der Waals surface area (Å²) in [6.07, 6.45) is -2.33. The molecule has 3 nitrogen and oxygen atoms in total. The Bertz CT molecular complexity index is 597. The van der Waals surface area contributed by atoms with Gasteiger partial charge in [0.25, 0.3) is 0 Å². The van der Waals surface area contributed by atoms with Gasteiger partial charge in [-0.2, -0.15) is 13.2 Å². The van der Waals surface area contributed by atoms with E-state index in [1.807, 2.05) is 24.3 Å². The van der Waals surface area contributed by atoms with Gasteiger partial charge in [-0.15, -0.1) is 0 Å². The average Bonchev–Trinajstić information content (AvgIpc) is 2.51. The predicted molar refractivity (Wildman–Crippen MR) is 77.0 cm³/mol. The van der Waals surface area contributed by atoms with Crippen LogP contribution in [0.5, 0.6) is 0 Å². The highest BCUT2D eigenvalue weighted by atomic mass is 19.4. The lowest BCUT2D eigenvalue weighted by molar-refractivity contribution is -0.138. The number of aromatic nitrogens is 1. The molecule has 0 spiro atoms. The smallest absolute Gasteiger partial charge is 0.392 e. The first-order chi connectivity index (χ1) is 10.5. The fourth-order valence-corrected chi connectivity index (χ4v) is 2.09. The van der Waals surface area contributed by atoms with Crippen LogP contribution in [0, 0.1) is 0 Å². The van der Waals surface area contributed by atoms with Crippen molar-refractivity contribution in [3.05, 3.63) is 65.0 Å². The Morgan fingerprint density at radius 3 is 2.36 bits per heavy atom. The Labute approximate surface area is 126 Å². The van der Waals surface area contributed by atoms with E-state index in [1.54, 1.807) is 0 Å². The largest absolute Gasteiger partial charge is 0.418 e. The molecule has 1 aromatic heterocycles. The lowest BCUT2D eigenvalue weighted by atomic mass is 10.1. The topological polar surface area (TPSA) is 45.1 Å². The maximum absolute atomic E-state index is 12.8. The van der Waals surface area contributed by atoms with Crippen molar-refractivity contribution in [2.45, 2.75) is 25.7 Å². The number of alkyl halides is 3. The molecule has 6 heteroatoms. The standard InChI is InChI=1S/C16H17F3N2O/c17-16(18,19)14-2-1-8-21-15(14)10-20-9-7-12-3-5-13(11-22)6-4-12/h1-6,8,20,22H,7,9-11H2. The molecule has 0 aliphatic rings. The van der Waals surface area contributed by atoms with Crippen molar-refractivity contribution in [1.29, 1.82) is 0 Å². The van der Waals surface area contributed by atoms with Gasteiger partial charge in [0.2, 0.25) is 0 Å². The second-order valence-electron chi connectivity index (χ2n) is 4.90. The number of hydrogen-bond acceptors (Lipinski definition) is 3. The molecular weight excluding hydrogens is 293 g/mol. The molecule has 0 fully saturated rings. The lowest BCUT2D eigenvalue weighted by Crippen LogP contribution is -2.20. The highest BCUT2D eigenvalue weighted by molar-refractivity contribution is 5.23. The molecule has 0 saturated carbocycles. The van der Waals surface area contributed by atoms with Crippen LogP contribution >= 0.6 is 0 Å². The van der Waals surface area contributed by atoms with Crippen LogP contribution in [0.2, 0.25) is 0 Å². The van der Waals surface area contributed by atoms with Crippen molar-refractivity contribution in [2.75, 3.05) is 6.54 Å².